The average Bonchev–Trinajstić information content (AvgIpc) is 2.79. The Morgan fingerprint density at radius 2 is 1.17 bits per heavy atom. The molecule has 0 heterocycles. The first-order chi connectivity index (χ1) is 16.8. The molecule has 0 aromatic heterocycles. The molecule has 0 aromatic rings. The van der Waals surface area contributed by atoms with E-state index in [0.717, 1.165) is 0 Å². The second-order valence-corrected chi connectivity index (χ2v) is 7.62. The second-order valence-electron chi connectivity index (χ2n) is 7.62. The normalized spacial score (nSPS) is 13.8. The molecular weight excluding hydrogens is 486 g/mol. The maximum absolute atomic E-state index is 12.8. The van der Waals surface area contributed by atoms with Crippen LogP contribution in [-0.4, -0.2) is 99.3 Å². The molecular formula is C19H33N7O10. The molecule has 0 spiro atoms. The van der Waals surface area contributed by atoms with E-state index in [1.807, 2.05) is 0 Å². The molecule has 0 fully saturated rings. The summed E-state index contributed by atoms with van der Waals surface area (Å²) in [5.41, 5.74) is 15.9. The molecule has 3 amide bonds. The number of aliphatic hydroxyl groups is 1. The molecule has 0 saturated heterocycles. The Labute approximate surface area is 205 Å². The Hall–Kier alpha value is -3.99. The van der Waals surface area contributed by atoms with Gasteiger partial charge in [0.2, 0.25) is 17.7 Å². The SMILES string of the molecule is NC(N)=NCCCC(NC(=O)C(CCC(=O)O)NC(=O)C(N)CO)C(=O)NC(CCC(=O)O)C(=O)O. The number of aliphatic imine (C=N–C) groups is 1. The maximum atomic E-state index is 12.8. The van der Waals surface area contributed by atoms with Crippen molar-refractivity contribution in [1.82, 2.24) is 16.0 Å². The lowest BCUT2D eigenvalue weighted by Crippen LogP contribution is -2.57. The van der Waals surface area contributed by atoms with Crippen molar-refractivity contribution in [3.8, 4) is 0 Å². The van der Waals surface area contributed by atoms with E-state index < -0.39 is 85.7 Å². The van der Waals surface area contributed by atoms with Crippen LogP contribution in [-0.2, 0) is 28.8 Å². The molecule has 13 N–H and O–H groups in total. The average molecular weight is 520 g/mol. The highest BCUT2D eigenvalue weighted by atomic mass is 16.4. The first kappa shape index (κ1) is 32.0. The quantitative estimate of drug-likeness (QED) is 0.0465. The van der Waals surface area contributed by atoms with E-state index >= 15 is 0 Å². The lowest BCUT2D eigenvalue weighted by Gasteiger charge is -2.25. The van der Waals surface area contributed by atoms with Gasteiger partial charge in [-0.3, -0.25) is 29.0 Å². The number of nitrogens with two attached hydrogens (primary N) is 3. The lowest BCUT2D eigenvalue weighted by atomic mass is 10.1. The number of guanidine groups is 1. The standard InChI is InChI=1S/C19H33N7O10/c20-9(8-27)15(32)24-11(3-5-13(28)29)17(34)25-10(2-1-7-23-19(21)22)16(33)26-12(18(35)36)4-6-14(30)31/h9-12,27H,1-8,20H2,(H,24,32)(H,25,34)(H,26,33)(H,28,29)(H,30,31)(H,35,36)(H4,21,22,23). The molecule has 204 valence electrons. The molecule has 4 atom stereocenters. The summed E-state index contributed by atoms with van der Waals surface area (Å²) in [5.74, 6) is -7.18. The topological polar surface area (TPSA) is 310 Å². The smallest absolute Gasteiger partial charge is 0.326 e. The molecule has 0 aliphatic rings. The molecule has 0 aliphatic carbocycles. The van der Waals surface area contributed by atoms with Gasteiger partial charge in [0.15, 0.2) is 5.96 Å². The van der Waals surface area contributed by atoms with Crippen molar-refractivity contribution >= 4 is 41.6 Å². The van der Waals surface area contributed by atoms with Crippen molar-refractivity contribution in [2.75, 3.05) is 13.2 Å². The Bertz CT molecular complexity index is 831. The first-order valence-electron chi connectivity index (χ1n) is 10.8. The van der Waals surface area contributed by atoms with E-state index in [4.69, 9.17) is 32.5 Å². The molecule has 36 heavy (non-hydrogen) atoms. The summed E-state index contributed by atoms with van der Waals surface area (Å²) in [5, 5.41) is 42.7. The minimum Gasteiger partial charge on any atom is -0.481 e. The molecule has 0 radical (unpaired) electrons. The number of hydrogen-bond acceptors (Lipinski definition) is 9. The molecule has 17 nitrogen and oxygen atoms in total. The van der Waals surface area contributed by atoms with E-state index in [0.29, 0.717) is 0 Å². The van der Waals surface area contributed by atoms with Gasteiger partial charge in [0.1, 0.15) is 24.2 Å². The summed E-state index contributed by atoms with van der Waals surface area (Å²) < 4.78 is 0. The Kier molecular flexibility index (Phi) is 14.8. The molecule has 0 rings (SSSR count). The van der Waals surface area contributed by atoms with Gasteiger partial charge in [-0.1, -0.05) is 0 Å². The fourth-order valence-corrected chi connectivity index (χ4v) is 2.74. The van der Waals surface area contributed by atoms with E-state index in [1.54, 1.807) is 0 Å². The van der Waals surface area contributed by atoms with Gasteiger partial charge < -0.3 is 53.6 Å². The van der Waals surface area contributed by atoms with Crippen LogP contribution in [0.4, 0.5) is 0 Å². The number of aliphatic hydroxyl groups excluding tert-OH is 1. The Morgan fingerprint density at radius 3 is 1.61 bits per heavy atom. The van der Waals surface area contributed by atoms with Crippen LogP contribution in [0, 0.1) is 0 Å². The molecule has 0 aliphatic heterocycles. The van der Waals surface area contributed by atoms with Crippen LogP contribution in [0.1, 0.15) is 38.5 Å². The fourth-order valence-electron chi connectivity index (χ4n) is 2.74. The fraction of sp³-hybridized carbons (Fsp3) is 0.632. The summed E-state index contributed by atoms with van der Waals surface area (Å²) in [6.45, 7) is -0.699. The Balaban J connectivity index is 5.66. The van der Waals surface area contributed by atoms with E-state index in [-0.39, 0.29) is 31.8 Å². The predicted octanol–water partition coefficient (Wildman–Crippen LogP) is -4.37. The summed E-state index contributed by atoms with van der Waals surface area (Å²) in [6.07, 6.45) is -1.86. The lowest BCUT2D eigenvalue weighted by molar-refractivity contribution is -0.143. The Morgan fingerprint density at radius 1 is 0.722 bits per heavy atom. The van der Waals surface area contributed by atoms with Crippen LogP contribution in [0.25, 0.3) is 0 Å². The number of carboxylic acids is 3. The van der Waals surface area contributed by atoms with E-state index in [1.165, 1.54) is 0 Å². The largest absolute Gasteiger partial charge is 0.481 e. The van der Waals surface area contributed by atoms with Gasteiger partial charge in [-0.2, -0.15) is 0 Å². The first-order valence-corrected chi connectivity index (χ1v) is 10.8. The zero-order valence-corrected chi connectivity index (χ0v) is 19.4. The summed E-state index contributed by atoms with van der Waals surface area (Å²) in [7, 11) is 0. The van der Waals surface area contributed by atoms with Crippen molar-refractivity contribution in [2.24, 2.45) is 22.2 Å². The van der Waals surface area contributed by atoms with Gasteiger partial charge in [0.25, 0.3) is 0 Å². The summed E-state index contributed by atoms with van der Waals surface area (Å²) in [6, 6.07) is -5.80. The maximum Gasteiger partial charge on any atom is 0.326 e. The van der Waals surface area contributed by atoms with Gasteiger partial charge in [0, 0.05) is 19.4 Å². The van der Waals surface area contributed by atoms with Crippen molar-refractivity contribution in [3.63, 3.8) is 0 Å². The van der Waals surface area contributed by atoms with Crippen LogP contribution >= 0.6 is 0 Å². The number of amides is 3. The number of aliphatic carboxylic acids is 3. The van der Waals surface area contributed by atoms with Gasteiger partial charge in [-0.25, -0.2) is 4.79 Å². The third-order valence-corrected chi connectivity index (χ3v) is 4.65. The number of nitrogens with zero attached hydrogens (tertiary/aromatic N) is 1. The number of carboxylic acid groups (broad SMARTS) is 3. The van der Waals surface area contributed by atoms with Crippen LogP contribution in [0.15, 0.2) is 4.99 Å². The molecule has 0 saturated carbocycles. The molecule has 0 bridgehead atoms. The number of rotatable bonds is 18. The highest BCUT2D eigenvalue weighted by Gasteiger charge is 2.30. The monoisotopic (exact) mass is 519 g/mol. The predicted molar refractivity (Wildman–Crippen MR) is 122 cm³/mol. The summed E-state index contributed by atoms with van der Waals surface area (Å²) in [4.78, 5) is 74.5. The van der Waals surface area contributed by atoms with E-state index in [9.17, 15) is 33.9 Å². The molecule has 17 heteroatoms. The van der Waals surface area contributed by atoms with Gasteiger partial charge in [-0.15, -0.1) is 0 Å². The zero-order chi connectivity index (χ0) is 27.8. The van der Waals surface area contributed by atoms with Crippen molar-refractivity contribution in [2.45, 2.75) is 62.7 Å². The number of hydrogen-bond donors (Lipinski definition) is 10. The highest BCUT2D eigenvalue weighted by Crippen LogP contribution is 2.06. The minimum absolute atomic E-state index is 0.0495. The van der Waals surface area contributed by atoms with Gasteiger partial charge >= 0.3 is 17.9 Å². The van der Waals surface area contributed by atoms with Gasteiger partial charge in [-0.05, 0) is 25.7 Å². The summed E-state index contributed by atoms with van der Waals surface area (Å²) >= 11 is 0. The van der Waals surface area contributed by atoms with Crippen LogP contribution in [0.2, 0.25) is 0 Å². The van der Waals surface area contributed by atoms with Gasteiger partial charge in [0.05, 0.1) is 6.61 Å². The van der Waals surface area contributed by atoms with Crippen LogP contribution in [0.3, 0.4) is 0 Å². The minimum atomic E-state index is -1.57. The van der Waals surface area contributed by atoms with Crippen LogP contribution < -0.4 is 33.2 Å². The number of nitrogens with one attached hydrogen (secondary N) is 3. The number of carbonyl (C=O) groups is 6. The van der Waals surface area contributed by atoms with Crippen molar-refractivity contribution in [1.29, 1.82) is 0 Å². The van der Waals surface area contributed by atoms with Crippen molar-refractivity contribution < 1.29 is 49.2 Å². The third-order valence-electron chi connectivity index (χ3n) is 4.65. The zero-order valence-electron chi connectivity index (χ0n) is 19.4. The van der Waals surface area contributed by atoms with Crippen molar-refractivity contribution in [3.05, 3.63) is 0 Å². The van der Waals surface area contributed by atoms with Crippen LogP contribution in [0.5, 0.6) is 0 Å². The van der Waals surface area contributed by atoms with E-state index in [2.05, 4.69) is 20.9 Å². The molecule has 4 unspecified atom stereocenters. The second kappa shape index (κ2) is 16.6. The molecule has 0 aromatic carbocycles. The third kappa shape index (κ3) is 13.7. The highest BCUT2D eigenvalue weighted by molar-refractivity contribution is 5.94. The number of carbonyl (C=O) groups excluding carboxylic acids is 3.